The molecule has 0 aliphatic rings. The Morgan fingerprint density at radius 1 is 1.54 bits per heavy atom. The van der Waals surface area contributed by atoms with Crippen LogP contribution in [0.4, 0.5) is 11.4 Å². The highest BCUT2D eigenvalue weighted by Gasteiger charge is 2.06. The molecule has 0 saturated carbocycles. The lowest BCUT2D eigenvalue weighted by Crippen LogP contribution is -2.26. The van der Waals surface area contributed by atoms with E-state index in [0.29, 0.717) is 16.5 Å². The highest BCUT2D eigenvalue weighted by Crippen LogP contribution is 2.29. The van der Waals surface area contributed by atoms with Gasteiger partial charge in [0, 0.05) is 17.8 Å². The van der Waals surface area contributed by atoms with E-state index >= 15 is 0 Å². The van der Waals surface area contributed by atoms with E-state index in [0.717, 1.165) is 11.3 Å². The van der Waals surface area contributed by atoms with Crippen LogP contribution < -0.4 is 16.6 Å². The molecule has 0 aromatic heterocycles. The molecule has 0 spiro atoms. The molecule has 0 radical (unpaired) electrons. The molecule has 0 aliphatic carbocycles. The van der Waals surface area contributed by atoms with E-state index in [1.54, 1.807) is 19.2 Å². The van der Waals surface area contributed by atoms with Gasteiger partial charge < -0.3 is 10.7 Å². The molecule has 1 aromatic carbocycles. The van der Waals surface area contributed by atoms with Gasteiger partial charge in [0.1, 0.15) is 0 Å². The second-order valence-corrected chi connectivity index (χ2v) is 3.49. The molecule has 0 aliphatic heterocycles. The van der Waals surface area contributed by atoms with Crippen molar-refractivity contribution in [1.29, 1.82) is 0 Å². The van der Waals surface area contributed by atoms with Gasteiger partial charge >= 0.3 is 0 Å². The van der Waals surface area contributed by atoms with E-state index in [1.165, 1.54) is 5.01 Å². The third-order valence-electron chi connectivity index (χ3n) is 1.75. The molecule has 0 saturated heterocycles. The summed E-state index contributed by atoms with van der Waals surface area (Å²) in [4.78, 5) is 0. The zero-order valence-electron chi connectivity index (χ0n) is 7.29. The van der Waals surface area contributed by atoms with Crippen LogP contribution in [0.2, 0.25) is 5.02 Å². The first-order chi connectivity index (χ1) is 6.06. The fraction of sp³-hybridized carbons (Fsp3) is 0.250. The Labute approximate surface area is 88.0 Å². The van der Waals surface area contributed by atoms with Crippen molar-refractivity contribution in [2.45, 2.75) is 5.75 Å². The number of thiol groups is 1. The number of rotatable bonds is 2. The van der Waals surface area contributed by atoms with Crippen molar-refractivity contribution in [2.24, 2.45) is 5.84 Å². The number of anilines is 2. The summed E-state index contributed by atoms with van der Waals surface area (Å²) in [5, 5.41) is 2.07. The molecule has 0 bridgehead atoms. The molecule has 3 nitrogen and oxygen atoms in total. The molecule has 13 heavy (non-hydrogen) atoms. The van der Waals surface area contributed by atoms with Gasteiger partial charge in [-0.1, -0.05) is 11.6 Å². The number of nitrogen functional groups attached to an aromatic ring is 1. The van der Waals surface area contributed by atoms with Crippen LogP contribution in [0.15, 0.2) is 12.1 Å². The topological polar surface area (TPSA) is 55.3 Å². The van der Waals surface area contributed by atoms with Crippen LogP contribution in [0.3, 0.4) is 0 Å². The molecule has 72 valence electrons. The van der Waals surface area contributed by atoms with Gasteiger partial charge in [-0.3, -0.25) is 0 Å². The average Bonchev–Trinajstić information content (AvgIpc) is 2.07. The minimum Gasteiger partial charge on any atom is -0.397 e. The second-order valence-electron chi connectivity index (χ2n) is 2.77. The number of hydrazine groups is 1. The fourth-order valence-corrected chi connectivity index (χ4v) is 1.63. The summed E-state index contributed by atoms with van der Waals surface area (Å²) < 4.78 is 0. The molecule has 0 fully saturated rings. The predicted octanol–water partition coefficient (Wildman–Crippen LogP) is 1.66. The van der Waals surface area contributed by atoms with Gasteiger partial charge in [0.15, 0.2) is 0 Å². The van der Waals surface area contributed by atoms with Crippen molar-refractivity contribution in [3.63, 3.8) is 0 Å². The molecule has 4 N–H and O–H groups in total. The number of halogens is 1. The number of benzene rings is 1. The first-order valence-electron chi connectivity index (χ1n) is 3.73. The molecule has 0 amide bonds. The van der Waals surface area contributed by atoms with Crippen LogP contribution in [0.5, 0.6) is 0 Å². The summed E-state index contributed by atoms with van der Waals surface area (Å²) in [5.74, 6) is 6.12. The number of nitrogens with two attached hydrogens (primary N) is 2. The van der Waals surface area contributed by atoms with Gasteiger partial charge in [0.2, 0.25) is 0 Å². The minimum absolute atomic E-state index is 0.567. The highest BCUT2D eigenvalue weighted by atomic mass is 35.5. The maximum atomic E-state index is 5.96. The Bertz CT molecular complexity index is 315. The third kappa shape index (κ3) is 2.21. The van der Waals surface area contributed by atoms with Crippen molar-refractivity contribution >= 4 is 35.6 Å². The molecule has 5 heteroatoms. The second kappa shape index (κ2) is 4.09. The largest absolute Gasteiger partial charge is 0.397 e. The third-order valence-corrected chi connectivity index (χ3v) is 2.44. The van der Waals surface area contributed by atoms with E-state index in [1.807, 2.05) is 0 Å². The van der Waals surface area contributed by atoms with Gasteiger partial charge in [-0.15, -0.1) is 0 Å². The zero-order valence-corrected chi connectivity index (χ0v) is 8.94. The lowest BCUT2D eigenvalue weighted by molar-refractivity contribution is 1.02. The van der Waals surface area contributed by atoms with Gasteiger partial charge in [-0.25, -0.2) is 5.84 Å². The number of nitrogens with zero attached hydrogens (tertiary/aromatic N) is 1. The van der Waals surface area contributed by atoms with Gasteiger partial charge in [0.05, 0.1) is 11.4 Å². The lowest BCUT2D eigenvalue weighted by Gasteiger charge is -2.16. The van der Waals surface area contributed by atoms with Gasteiger partial charge in [-0.05, 0) is 17.7 Å². The average molecular weight is 218 g/mol. The summed E-state index contributed by atoms with van der Waals surface area (Å²) in [7, 11) is 1.71. The summed E-state index contributed by atoms with van der Waals surface area (Å²) in [6.45, 7) is 0. The van der Waals surface area contributed by atoms with Crippen molar-refractivity contribution in [3.05, 3.63) is 22.7 Å². The Hall–Kier alpha value is -0.580. The van der Waals surface area contributed by atoms with Crippen LogP contribution in [-0.2, 0) is 5.75 Å². The Morgan fingerprint density at radius 2 is 2.15 bits per heavy atom. The van der Waals surface area contributed by atoms with Crippen molar-refractivity contribution < 1.29 is 0 Å². The monoisotopic (exact) mass is 217 g/mol. The number of hydrogen-bond donors (Lipinski definition) is 3. The predicted molar refractivity (Wildman–Crippen MR) is 61.1 cm³/mol. The molecule has 1 aromatic rings. The number of hydrogen-bond acceptors (Lipinski definition) is 4. The molecule has 1 rings (SSSR count). The van der Waals surface area contributed by atoms with Crippen molar-refractivity contribution in [2.75, 3.05) is 17.8 Å². The first kappa shape index (κ1) is 10.5. The van der Waals surface area contributed by atoms with Crippen LogP contribution in [0, 0.1) is 0 Å². The summed E-state index contributed by atoms with van der Waals surface area (Å²) in [6.07, 6.45) is 0. The minimum atomic E-state index is 0.567. The van der Waals surface area contributed by atoms with E-state index in [2.05, 4.69) is 12.6 Å². The fourth-order valence-electron chi connectivity index (χ4n) is 1.05. The van der Waals surface area contributed by atoms with Crippen LogP contribution in [-0.4, -0.2) is 7.05 Å². The zero-order chi connectivity index (χ0) is 10.0. The van der Waals surface area contributed by atoms with Gasteiger partial charge in [-0.2, -0.15) is 12.6 Å². The molecular weight excluding hydrogens is 206 g/mol. The molecule has 0 heterocycles. The van der Waals surface area contributed by atoms with E-state index in [-0.39, 0.29) is 0 Å². The smallest absolute Gasteiger partial charge is 0.0758 e. The molecule has 0 atom stereocenters. The van der Waals surface area contributed by atoms with Crippen LogP contribution in [0.25, 0.3) is 0 Å². The molecule has 0 unspecified atom stereocenters. The summed E-state index contributed by atoms with van der Waals surface area (Å²) in [5.41, 5.74) is 7.99. The maximum absolute atomic E-state index is 5.96. The van der Waals surface area contributed by atoms with Crippen LogP contribution in [0.1, 0.15) is 5.56 Å². The Kier molecular flexibility index (Phi) is 3.30. The quantitative estimate of drug-likeness (QED) is 0.306. The van der Waals surface area contributed by atoms with E-state index < -0.39 is 0 Å². The Balaban J connectivity index is 3.20. The Morgan fingerprint density at radius 3 is 2.62 bits per heavy atom. The van der Waals surface area contributed by atoms with E-state index in [9.17, 15) is 0 Å². The first-order valence-corrected chi connectivity index (χ1v) is 4.74. The van der Waals surface area contributed by atoms with Crippen molar-refractivity contribution in [3.8, 4) is 0 Å². The normalized spacial score (nSPS) is 10.2. The van der Waals surface area contributed by atoms with Gasteiger partial charge in [0.25, 0.3) is 0 Å². The van der Waals surface area contributed by atoms with E-state index in [4.69, 9.17) is 23.2 Å². The SMILES string of the molecule is CN(N)c1cc(Cl)c(CS)cc1N. The standard InChI is InChI=1S/C8H12ClN3S/c1-12(11)8-3-6(9)5(4-13)2-7(8)10/h2-3,13H,4,10-11H2,1H3. The summed E-state index contributed by atoms with van der Waals surface area (Å²) in [6, 6.07) is 3.52. The van der Waals surface area contributed by atoms with Crippen LogP contribution >= 0.6 is 24.2 Å². The summed E-state index contributed by atoms with van der Waals surface area (Å²) >= 11 is 10.1. The highest BCUT2D eigenvalue weighted by molar-refractivity contribution is 7.79. The lowest BCUT2D eigenvalue weighted by atomic mass is 10.2. The maximum Gasteiger partial charge on any atom is 0.0758 e. The molecular formula is C8H12ClN3S. The van der Waals surface area contributed by atoms with Crippen molar-refractivity contribution in [1.82, 2.24) is 0 Å².